The van der Waals surface area contributed by atoms with Crippen molar-refractivity contribution in [1.82, 2.24) is 5.43 Å². The van der Waals surface area contributed by atoms with Crippen LogP contribution in [0.2, 0.25) is 5.02 Å². The summed E-state index contributed by atoms with van der Waals surface area (Å²) in [5, 5.41) is 4.49. The molecule has 0 aliphatic carbocycles. The van der Waals surface area contributed by atoms with Crippen molar-refractivity contribution in [2.24, 2.45) is 5.10 Å². The molecule has 1 amide bonds. The van der Waals surface area contributed by atoms with Crippen LogP contribution in [0.1, 0.15) is 30.9 Å². The summed E-state index contributed by atoms with van der Waals surface area (Å²) in [5.41, 5.74) is 4.45. The number of hydrogen-bond donors (Lipinski definition) is 1. The first-order valence-corrected chi connectivity index (χ1v) is 7.72. The van der Waals surface area contributed by atoms with Crippen molar-refractivity contribution in [2.75, 3.05) is 6.61 Å². The van der Waals surface area contributed by atoms with Gasteiger partial charge in [0.2, 0.25) is 0 Å². The zero-order valence-corrected chi connectivity index (χ0v) is 13.9. The van der Waals surface area contributed by atoms with Crippen LogP contribution in [0.5, 0.6) is 5.75 Å². The van der Waals surface area contributed by atoms with Crippen molar-refractivity contribution in [3.05, 3.63) is 64.7 Å². The van der Waals surface area contributed by atoms with E-state index in [0.717, 1.165) is 5.56 Å². The van der Waals surface area contributed by atoms with E-state index in [4.69, 9.17) is 16.3 Å². The second kappa shape index (κ2) is 8.34. The number of halogens is 1. The molecule has 0 unspecified atom stereocenters. The molecule has 1 N–H and O–H groups in total. The molecule has 0 bridgehead atoms. The fraction of sp³-hybridized carbons (Fsp3) is 0.222. The largest absolute Gasteiger partial charge is 0.484 e. The molecule has 2 aromatic rings. The standard InChI is InChI=1S/C18H19ClN2O2/c1-13(2)15-6-8-17(9-7-15)23-12-18(22)21-20-11-14-4-3-5-16(19)10-14/h3-11,13H,12H2,1-2H3,(H,21,22)/b20-11-. The molecule has 0 radical (unpaired) electrons. The molecule has 0 atom stereocenters. The van der Waals surface area contributed by atoms with Crippen LogP contribution in [-0.2, 0) is 4.79 Å². The Morgan fingerprint density at radius 3 is 2.65 bits per heavy atom. The molecule has 23 heavy (non-hydrogen) atoms. The molecule has 0 fully saturated rings. The summed E-state index contributed by atoms with van der Waals surface area (Å²) in [4.78, 5) is 11.7. The SMILES string of the molecule is CC(C)c1ccc(OCC(=O)N/N=C\c2cccc(Cl)c2)cc1. The van der Waals surface area contributed by atoms with Crippen LogP contribution < -0.4 is 10.2 Å². The molecule has 0 saturated heterocycles. The second-order valence-electron chi connectivity index (χ2n) is 5.36. The summed E-state index contributed by atoms with van der Waals surface area (Å²) in [6.07, 6.45) is 1.53. The average Bonchev–Trinajstić information content (AvgIpc) is 2.53. The first kappa shape index (κ1) is 17.0. The normalized spacial score (nSPS) is 11.0. The number of carbonyl (C=O) groups is 1. The predicted molar refractivity (Wildman–Crippen MR) is 93.2 cm³/mol. The quantitative estimate of drug-likeness (QED) is 0.643. The lowest BCUT2D eigenvalue weighted by atomic mass is 10.0. The number of hydrazone groups is 1. The van der Waals surface area contributed by atoms with Gasteiger partial charge in [-0.25, -0.2) is 5.43 Å². The van der Waals surface area contributed by atoms with Gasteiger partial charge in [-0.2, -0.15) is 5.10 Å². The molecule has 4 nitrogen and oxygen atoms in total. The lowest BCUT2D eigenvalue weighted by Crippen LogP contribution is -2.24. The van der Waals surface area contributed by atoms with Gasteiger partial charge in [-0.05, 0) is 41.3 Å². The molecule has 0 saturated carbocycles. The lowest BCUT2D eigenvalue weighted by Gasteiger charge is -2.08. The van der Waals surface area contributed by atoms with E-state index in [-0.39, 0.29) is 12.5 Å². The van der Waals surface area contributed by atoms with Crippen molar-refractivity contribution in [3.8, 4) is 5.75 Å². The molecular formula is C18H19ClN2O2. The smallest absolute Gasteiger partial charge is 0.277 e. The Morgan fingerprint density at radius 1 is 1.26 bits per heavy atom. The maximum absolute atomic E-state index is 11.7. The summed E-state index contributed by atoms with van der Waals surface area (Å²) in [6.45, 7) is 4.16. The molecule has 120 valence electrons. The van der Waals surface area contributed by atoms with Crippen molar-refractivity contribution in [3.63, 3.8) is 0 Å². The van der Waals surface area contributed by atoms with Crippen LogP contribution in [0.25, 0.3) is 0 Å². The highest BCUT2D eigenvalue weighted by Crippen LogP contribution is 2.18. The highest BCUT2D eigenvalue weighted by Gasteiger charge is 2.03. The van der Waals surface area contributed by atoms with E-state index >= 15 is 0 Å². The second-order valence-corrected chi connectivity index (χ2v) is 5.80. The Labute approximate surface area is 141 Å². The zero-order chi connectivity index (χ0) is 16.7. The van der Waals surface area contributed by atoms with Gasteiger partial charge in [0, 0.05) is 5.02 Å². The van der Waals surface area contributed by atoms with Crippen LogP contribution in [-0.4, -0.2) is 18.7 Å². The van der Waals surface area contributed by atoms with Gasteiger partial charge in [0.1, 0.15) is 5.75 Å². The number of amides is 1. The minimum atomic E-state index is -0.323. The first-order valence-electron chi connectivity index (χ1n) is 7.35. The van der Waals surface area contributed by atoms with E-state index in [1.165, 1.54) is 11.8 Å². The third-order valence-corrected chi connectivity index (χ3v) is 3.40. The molecule has 0 heterocycles. The van der Waals surface area contributed by atoms with Gasteiger partial charge >= 0.3 is 0 Å². The molecular weight excluding hydrogens is 312 g/mol. The Bertz CT molecular complexity index is 682. The van der Waals surface area contributed by atoms with Crippen molar-refractivity contribution < 1.29 is 9.53 Å². The van der Waals surface area contributed by atoms with Crippen LogP contribution in [0, 0.1) is 0 Å². The van der Waals surface area contributed by atoms with E-state index in [9.17, 15) is 4.79 Å². The van der Waals surface area contributed by atoms with Gasteiger partial charge in [-0.3, -0.25) is 4.79 Å². The van der Waals surface area contributed by atoms with Gasteiger partial charge in [0.15, 0.2) is 6.61 Å². The summed E-state index contributed by atoms with van der Waals surface area (Å²) < 4.78 is 5.42. The number of benzene rings is 2. The number of nitrogens with one attached hydrogen (secondary N) is 1. The summed E-state index contributed by atoms with van der Waals surface area (Å²) in [7, 11) is 0. The zero-order valence-electron chi connectivity index (χ0n) is 13.1. The van der Waals surface area contributed by atoms with Crippen LogP contribution in [0.15, 0.2) is 53.6 Å². The maximum Gasteiger partial charge on any atom is 0.277 e. The van der Waals surface area contributed by atoms with Crippen LogP contribution >= 0.6 is 11.6 Å². The highest BCUT2D eigenvalue weighted by molar-refractivity contribution is 6.30. The van der Waals surface area contributed by atoms with Crippen molar-refractivity contribution in [2.45, 2.75) is 19.8 Å². The van der Waals surface area contributed by atoms with Gasteiger partial charge in [0.05, 0.1) is 6.21 Å². The number of rotatable bonds is 6. The molecule has 0 aromatic heterocycles. The fourth-order valence-corrected chi connectivity index (χ4v) is 2.09. The highest BCUT2D eigenvalue weighted by atomic mass is 35.5. The Kier molecular flexibility index (Phi) is 6.18. The van der Waals surface area contributed by atoms with E-state index in [2.05, 4.69) is 24.4 Å². The van der Waals surface area contributed by atoms with Crippen LogP contribution in [0.4, 0.5) is 0 Å². The Hall–Kier alpha value is -2.33. The van der Waals surface area contributed by atoms with Gasteiger partial charge in [-0.1, -0.05) is 49.7 Å². The van der Waals surface area contributed by atoms with Crippen molar-refractivity contribution in [1.29, 1.82) is 0 Å². The fourth-order valence-electron chi connectivity index (χ4n) is 1.90. The molecule has 0 aliphatic rings. The van der Waals surface area contributed by atoms with E-state index < -0.39 is 0 Å². The predicted octanol–water partition coefficient (Wildman–Crippen LogP) is 3.99. The van der Waals surface area contributed by atoms with E-state index in [1.54, 1.807) is 12.1 Å². The Balaban J connectivity index is 1.78. The number of nitrogens with zero attached hydrogens (tertiary/aromatic N) is 1. The molecule has 2 rings (SSSR count). The number of carbonyl (C=O) groups excluding carboxylic acids is 1. The van der Waals surface area contributed by atoms with Gasteiger partial charge in [-0.15, -0.1) is 0 Å². The van der Waals surface area contributed by atoms with Crippen LogP contribution in [0.3, 0.4) is 0 Å². The van der Waals surface area contributed by atoms with Gasteiger partial charge < -0.3 is 4.74 Å². The monoisotopic (exact) mass is 330 g/mol. The summed E-state index contributed by atoms with van der Waals surface area (Å²) >= 11 is 5.87. The minimum Gasteiger partial charge on any atom is -0.484 e. The number of hydrogen-bond acceptors (Lipinski definition) is 3. The molecule has 0 spiro atoms. The number of ether oxygens (including phenoxy) is 1. The lowest BCUT2D eigenvalue weighted by molar-refractivity contribution is -0.123. The average molecular weight is 331 g/mol. The molecule has 2 aromatic carbocycles. The third kappa shape index (κ3) is 5.75. The van der Waals surface area contributed by atoms with Crippen molar-refractivity contribution >= 4 is 23.7 Å². The van der Waals surface area contributed by atoms with Gasteiger partial charge in [0.25, 0.3) is 5.91 Å². The molecule has 0 aliphatic heterocycles. The van der Waals surface area contributed by atoms with E-state index in [0.29, 0.717) is 16.7 Å². The minimum absolute atomic E-state index is 0.0894. The Morgan fingerprint density at radius 2 is 2.00 bits per heavy atom. The summed E-state index contributed by atoms with van der Waals surface area (Å²) in [5.74, 6) is 0.799. The first-order chi connectivity index (χ1) is 11.0. The van der Waals surface area contributed by atoms with E-state index in [1.807, 2.05) is 36.4 Å². The maximum atomic E-state index is 11.7. The topological polar surface area (TPSA) is 50.7 Å². The third-order valence-electron chi connectivity index (χ3n) is 3.17. The molecule has 5 heteroatoms. The summed E-state index contributed by atoms with van der Waals surface area (Å²) in [6, 6.07) is 14.9.